The molecule has 1 saturated heterocycles. The lowest BCUT2D eigenvalue weighted by molar-refractivity contribution is -0.239. The fourth-order valence-corrected chi connectivity index (χ4v) is 3.20. The molecule has 0 radical (unpaired) electrons. The Labute approximate surface area is 86.0 Å². The van der Waals surface area contributed by atoms with Crippen LogP contribution in [0.4, 0.5) is 0 Å². The minimum absolute atomic E-state index is 0.433. The molecule has 4 atom stereocenters. The first-order valence-corrected chi connectivity index (χ1v) is 6.24. The van der Waals surface area contributed by atoms with Crippen LogP contribution >= 0.6 is 0 Å². The summed E-state index contributed by atoms with van der Waals surface area (Å²) in [5.74, 6) is 0. The van der Waals surface area contributed by atoms with Crippen LogP contribution in [-0.4, -0.2) is 24.4 Å². The number of ether oxygens (including phenoxy) is 2. The van der Waals surface area contributed by atoms with E-state index < -0.39 is 0 Å². The van der Waals surface area contributed by atoms with Gasteiger partial charge in [0.15, 0.2) is 0 Å². The van der Waals surface area contributed by atoms with Gasteiger partial charge >= 0.3 is 0 Å². The third-order valence-electron chi connectivity index (χ3n) is 3.98. The van der Waals surface area contributed by atoms with Crippen LogP contribution in [0.2, 0.25) is 0 Å². The van der Waals surface area contributed by atoms with Crippen LogP contribution in [0.15, 0.2) is 0 Å². The van der Waals surface area contributed by atoms with Gasteiger partial charge in [-0.15, -0.1) is 0 Å². The summed E-state index contributed by atoms with van der Waals surface area (Å²) in [7, 11) is 0. The van der Waals surface area contributed by atoms with E-state index in [1.54, 1.807) is 0 Å². The lowest BCUT2D eigenvalue weighted by Gasteiger charge is -2.45. The highest BCUT2D eigenvalue weighted by Crippen LogP contribution is 2.36. The molecule has 0 bridgehead atoms. The predicted octanol–water partition coefficient (Wildman–Crippen LogP) is 2.66. The standard InChI is InChI=1S/C12H20O2/c1-2-6-10-9(5-1)13-11-7-3-4-8-12(11)14-10/h9-12H,1-8H2. The van der Waals surface area contributed by atoms with Gasteiger partial charge in [-0.05, 0) is 25.7 Å². The van der Waals surface area contributed by atoms with E-state index in [4.69, 9.17) is 9.47 Å². The highest BCUT2D eigenvalue weighted by molar-refractivity contribution is 4.88. The Bertz CT molecular complexity index is 162. The van der Waals surface area contributed by atoms with Crippen molar-refractivity contribution in [3.63, 3.8) is 0 Å². The zero-order valence-electron chi connectivity index (χ0n) is 8.78. The first-order chi connectivity index (χ1) is 6.93. The van der Waals surface area contributed by atoms with Gasteiger partial charge in [-0.25, -0.2) is 0 Å². The predicted molar refractivity (Wildman–Crippen MR) is 54.3 cm³/mol. The van der Waals surface area contributed by atoms with E-state index in [1.165, 1.54) is 51.4 Å². The van der Waals surface area contributed by atoms with Gasteiger partial charge < -0.3 is 9.47 Å². The van der Waals surface area contributed by atoms with Crippen LogP contribution < -0.4 is 0 Å². The average Bonchev–Trinajstić information content (AvgIpc) is 2.26. The molecule has 0 aromatic carbocycles. The van der Waals surface area contributed by atoms with Gasteiger partial charge in [0, 0.05) is 0 Å². The van der Waals surface area contributed by atoms with Crippen molar-refractivity contribution in [2.75, 3.05) is 0 Å². The molecule has 3 aliphatic rings. The highest BCUT2D eigenvalue weighted by atomic mass is 16.6. The second-order valence-corrected chi connectivity index (χ2v) is 4.99. The molecule has 0 spiro atoms. The summed E-state index contributed by atoms with van der Waals surface area (Å²) in [6, 6.07) is 0. The Morgan fingerprint density at radius 3 is 1.07 bits per heavy atom. The van der Waals surface area contributed by atoms with Crippen LogP contribution in [0, 0.1) is 0 Å². The molecule has 1 heterocycles. The quantitative estimate of drug-likeness (QED) is 0.593. The largest absolute Gasteiger partial charge is 0.370 e. The van der Waals surface area contributed by atoms with Crippen molar-refractivity contribution in [2.45, 2.75) is 75.8 Å². The van der Waals surface area contributed by atoms with Crippen LogP contribution in [-0.2, 0) is 9.47 Å². The Morgan fingerprint density at radius 2 is 0.786 bits per heavy atom. The lowest BCUT2D eigenvalue weighted by atomic mass is 9.88. The van der Waals surface area contributed by atoms with E-state index in [-0.39, 0.29) is 0 Å². The third kappa shape index (κ3) is 1.59. The van der Waals surface area contributed by atoms with Crippen molar-refractivity contribution in [3.05, 3.63) is 0 Å². The van der Waals surface area contributed by atoms with Crippen LogP contribution in [0.25, 0.3) is 0 Å². The molecule has 2 nitrogen and oxygen atoms in total. The molecule has 4 unspecified atom stereocenters. The topological polar surface area (TPSA) is 18.5 Å². The van der Waals surface area contributed by atoms with Crippen molar-refractivity contribution in [2.24, 2.45) is 0 Å². The monoisotopic (exact) mass is 196 g/mol. The molecule has 2 aliphatic carbocycles. The normalized spacial score (nSPS) is 48.0. The minimum Gasteiger partial charge on any atom is -0.370 e. The van der Waals surface area contributed by atoms with Gasteiger partial charge in [0.1, 0.15) is 0 Å². The molecule has 0 amide bonds. The molecule has 3 rings (SSSR count). The molecule has 2 saturated carbocycles. The second-order valence-electron chi connectivity index (χ2n) is 4.99. The fourth-order valence-electron chi connectivity index (χ4n) is 3.20. The van der Waals surface area contributed by atoms with E-state index in [1.807, 2.05) is 0 Å². The van der Waals surface area contributed by atoms with Crippen molar-refractivity contribution >= 4 is 0 Å². The number of fused-ring (bicyclic) bond motifs is 2. The molecular weight excluding hydrogens is 176 g/mol. The smallest absolute Gasteiger partial charge is 0.0841 e. The molecule has 80 valence electrons. The minimum atomic E-state index is 0.433. The van der Waals surface area contributed by atoms with Gasteiger partial charge in [0.05, 0.1) is 24.4 Å². The van der Waals surface area contributed by atoms with Crippen LogP contribution in [0.3, 0.4) is 0 Å². The summed E-state index contributed by atoms with van der Waals surface area (Å²) in [6.07, 6.45) is 12.0. The first kappa shape index (κ1) is 9.17. The van der Waals surface area contributed by atoms with E-state index in [0.717, 1.165) is 0 Å². The van der Waals surface area contributed by atoms with Gasteiger partial charge in [0.2, 0.25) is 0 Å². The Morgan fingerprint density at radius 1 is 0.500 bits per heavy atom. The number of rotatable bonds is 0. The van der Waals surface area contributed by atoms with Crippen molar-refractivity contribution < 1.29 is 9.47 Å². The summed E-state index contributed by atoms with van der Waals surface area (Å²) in [4.78, 5) is 0. The van der Waals surface area contributed by atoms with Gasteiger partial charge in [-0.3, -0.25) is 0 Å². The SMILES string of the molecule is C1CCC2OC3CCCCC3OC2C1. The maximum absolute atomic E-state index is 6.17. The molecule has 3 fully saturated rings. The van der Waals surface area contributed by atoms with Crippen molar-refractivity contribution in [1.29, 1.82) is 0 Å². The molecular formula is C12H20O2. The van der Waals surface area contributed by atoms with E-state index in [2.05, 4.69) is 0 Å². The zero-order valence-corrected chi connectivity index (χ0v) is 8.78. The molecule has 14 heavy (non-hydrogen) atoms. The molecule has 2 heteroatoms. The van der Waals surface area contributed by atoms with E-state index in [0.29, 0.717) is 24.4 Å². The summed E-state index contributed by atoms with van der Waals surface area (Å²) in [5.41, 5.74) is 0. The summed E-state index contributed by atoms with van der Waals surface area (Å²) >= 11 is 0. The maximum Gasteiger partial charge on any atom is 0.0841 e. The molecule has 0 aromatic rings. The maximum atomic E-state index is 6.17. The van der Waals surface area contributed by atoms with Crippen LogP contribution in [0.5, 0.6) is 0 Å². The molecule has 0 aromatic heterocycles. The van der Waals surface area contributed by atoms with E-state index in [9.17, 15) is 0 Å². The van der Waals surface area contributed by atoms with Crippen LogP contribution in [0.1, 0.15) is 51.4 Å². The highest BCUT2D eigenvalue weighted by Gasteiger charge is 2.40. The molecule has 1 aliphatic heterocycles. The van der Waals surface area contributed by atoms with Crippen molar-refractivity contribution in [1.82, 2.24) is 0 Å². The average molecular weight is 196 g/mol. The molecule has 0 N–H and O–H groups in total. The third-order valence-corrected chi connectivity index (χ3v) is 3.98. The van der Waals surface area contributed by atoms with Crippen molar-refractivity contribution in [3.8, 4) is 0 Å². The lowest BCUT2D eigenvalue weighted by Crippen LogP contribution is -2.51. The fraction of sp³-hybridized carbons (Fsp3) is 1.00. The zero-order chi connectivity index (χ0) is 9.38. The Kier molecular flexibility index (Phi) is 2.50. The van der Waals surface area contributed by atoms with Gasteiger partial charge in [-0.2, -0.15) is 0 Å². The number of hydrogen-bond donors (Lipinski definition) is 0. The van der Waals surface area contributed by atoms with Gasteiger partial charge in [0.25, 0.3) is 0 Å². The summed E-state index contributed by atoms with van der Waals surface area (Å²) in [5, 5.41) is 0. The first-order valence-electron chi connectivity index (χ1n) is 6.24. The number of hydrogen-bond acceptors (Lipinski definition) is 2. The summed E-state index contributed by atoms with van der Waals surface area (Å²) < 4.78 is 12.3. The Balaban J connectivity index is 1.68. The second kappa shape index (κ2) is 3.82. The van der Waals surface area contributed by atoms with E-state index >= 15 is 0 Å². The van der Waals surface area contributed by atoms with Gasteiger partial charge in [-0.1, -0.05) is 25.7 Å². The summed E-state index contributed by atoms with van der Waals surface area (Å²) in [6.45, 7) is 0. The Hall–Kier alpha value is -0.0800.